The van der Waals surface area contributed by atoms with E-state index in [0.29, 0.717) is 0 Å². The van der Waals surface area contributed by atoms with Crippen LogP contribution in [0.5, 0.6) is 5.75 Å². The molecule has 2 nitrogen and oxygen atoms in total. The molecule has 0 aliphatic carbocycles. The van der Waals surface area contributed by atoms with Gasteiger partial charge in [0.1, 0.15) is 5.75 Å². The van der Waals surface area contributed by atoms with Gasteiger partial charge in [0, 0.05) is 17.8 Å². The number of aromatic amines is 1. The molecule has 0 fully saturated rings. The van der Waals surface area contributed by atoms with E-state index in [-0.39, 0.29) is 0 Å². The molecular formula is C12H15NO. The van der Waals surface area contributed by atoms with Gasteiger partial charge in [-0.1, -0.05) is 13.3 Å². The fraction of sp³-hybridized carbons (Fsp3) is 0.333. The maximum atomic E-state index is 5.60. The third kappa shape index (κ3) is 1.90. The van der Waals surface area contributed by atoms with E-state index in [1.807, 2.05) is 18.3 Å². The zero-order valence-electron chi connectivity index (χ0n) is 8.42. The summed E-state index contributed by atoms with van der Waals surface area (Å²) in [5, 5.41) is 1.23. The van der Waals surface area contributed by atoms with E-state index in [4.69, 9.17) is 4.74 Å². The first-order valence-electron chi connectivity index (χ1n) is 5.10. The van der Waals surface area contributed by atoms with Gasteiger partial charge in [0.25, 0.3) is 0 Å². The Bertz CT molecular complexity index is 405. The van der Waals surface area contributed by atoms with Crippen molar-refractivity contribution >= 4 is 10.9 Å². The second-order valence-corrected chi connectivity index (χ2v) is 3.43. The minimum atomic E-state index is 0.808. The van der Waals surface area contributed by atoms with E-state index >= 15 is 0 Å². The topological polar surface area (TPSA) is 25.0 Å². The number of aromatic nitrogens is 1. The quantitative estimate of drug-likeness (QED) is 0.733. The third-order valence-electron chi connectivity index (χ3n) is 2.29. The third-order valence-corrected chi connectivity index (χ3v) is 2.29. The molecule has 0 amide bonds. The van der Waals surface area contributed by atoms with Crippen molar-refractivity contribution in [1.29, 1.82) is 0 Å². The van der Waals surface area contributed by atoms with Gasteiger partial charge in [-0.2, -0.15) is 0 Å². The Balaban J connectivity index is 2.10. The van der Waals surface area contributed by atoms with E-state index in [1.54, 1.807) is 0 Å². The molecule has 0 aliphatic rings. The number of rotatable bonds is 4. The minimum absolute atomic E-state index is 0.808. The molecule has 0 radical (unpaired) electrons. The van der Waals surface area contributed by atoms with Crippen molar-refractivity contribution in [2.75, 3.05) is 6.61 Å². The van der Waals surface area contributed by atoms with Crippen LogP contribution in [0.3, 0.4) is 0 Å². The number of hydrogen-bond acceptors (Lipinski definition) is 1. The van der Waals surface area contributed by atoms with E-state index in [9.17, 15) is 0 Å². The van der Waals surface area contributed by atoms with Gasteiger partial charge in [0.05, 0.1) is 6.61 Å². The SMILES string of the molecule is CCCCOc1ccc2cc[nH]c2c1. The van der Waals surface area contributed by atoms with E-state index < -0.39 is 0 Å². The van der Waals surface area contributed by atoms with Crippen LogP contribution >= 0.6 is 0 Å². The summed E-state index contributed by atoms with van der Waals surface area (Å²) in [6.45, 7) is 2.97. The summed E-state index contributed by atoms with van der Waals surface area (Å²) in [6.07, 6.45) is 4.23. The minimum Gasteiger partial charge on any atom is -0.494 e. The lowest BCUT2D eigenvalue weighted by atomic mass is 10.2. The van der Waals surface area contributed by atoms with Gasteiger partial charge in [-0.25, -0.2) is 0 Å². The van der Waals surface area contributed by atoms with Gasteiger partial charge >= 0.3 is 0 Å². The zero-order chi connectivity index (χ0) is 9.80. The number of H-pyrrole nitrogens is 1. The van der Waals surface area contributed by atoms with Gasteiger partial charge in [0.15, 0.2) is 0 Å². The van der Waals surface area contributed by atoms with Crippen LogP contribution in [0.2, 0.25) is 0 Å². The Morgan fingerprint density at radius 1 is 1.29 bits per heavy atom. The van der Waals surface area contributed by atoms with Crippen molar-refractivity contribution in [2.45, 2.75) is 19.8 Å². The molecule has 0 bridgehead atoms. The lowest BCUT2D eigenvalue weighted by Crippen LogP contribution is -1.95. The van der Waals surface area contributed by atoms with Crippen LogP contribution in [-0.4, -0.2) is 11.6 Å². The number of benzene rings is 1. The summed E-state index contributed by atoms with van der Waals surface area (Å²) >= 11 is 0. The van der Waals surface area contributed by atoms with Gasteiger partial charge in [-0.3, -0.25) is 0 Å². The normalized spacial score (nSPS) is 10.6. The van der Waals surface area contributed by atoms with Gasteiger partial charge in [-0.15, -0.1) is 0 Å². The van der Waals surface area contributed by atoms with Crippen molar-refractivity contribution < 1.29 is 4.74 Å². The second kappa shape index (κ2) is 4.18. The van der Waals surface area contributed by atoms with Crippen LogP contribution in [0.15, 0.2) is 30.5 Å². The first-order chi connectivity index (χ1) is 6.90. The number of unbranched alkanes of at least 4 members (excludes halogenated alkanes) is 1. The highest BCUT2D eigenvalue weighted by molar-refractivity contribution is 5.80. The molecule has 14 heavy (non-hydrogen) atoms. The van der Waals surface area contributed by atoms with E-state index in [2.05, 4.69) is 24.0 Å². The van der Waals surface area contributed by atoms with Crippen molar-refractivity contribution in [3.05, 3.63) is 30.5 Å². The molecule has 74 valence electrons. The van der Waals surface area contributed by atoms with E-state index in [0.717, 1.165) is 24.3 Å². The summed E-state index contributed by atoms with van der Waals surface area (Å²) in [5.41, 5.74) is 1.14. The molecule has 0 atom stereocenters. The standard InChI is InChI=1S/C12H15NO/c1-2-3-8-14-11-5-4-10-6-7-13-12(10)9-11/h4-7,9,13H,2-3,8H2,1H3. The molecule has 0 saturated heterocycles. The molecule has 1 heterocycles. The smallest absolute Gasteiger partial charge is 0.121 e. The summed E-state index contributed by atoms with van der Waals surface area (Å²) in [6, 6.07) is 8.20. The van der Waals surface area contributed by atoms with Gasteiger partial charge in [-0.05, 0) is 30.0 Å². The maximum Gasteiger partial charge on any atom is 0.121 e. The average molecular weight is 189 g/mol. The molecule has 0 aliphatic heterocycles. The number of hydrogen-bond donors (Lipinski definition) is 1. The van der Waals surface area contributed by atoms with Crippen molar-refractivity contribution in [3.8, 4) is 5.75 Å². The van der Waals surface area contributed by atoms with Gasteiger partial charge in [0.2, 0.25) is 0 Å². The van der Waals surface area contributed by atoms with E-state index in [1.165, 1.54) is 11.8 Å². The first kappa shape index (κ1) is 9.13. The predicted molar refractivity (Wildman–Crippen MR) is 58.7 cm³/mol. The van der Waals surface area contributed by atoms with Crippen LogP contribution in [0, 0.1) is 0 Å². The fourth-order valence-electron chi connectivity index (χ4n) is 1.45. The Morgan fingerprint density at radius 3 is 3.07 bits per heavy atom. The summed E-state index contributed by atoms with van der Waals surface area (Å²) < 4.78 is 5.60. The number of fused-ring (bicyclic) bond motifs is 1. The molecule has 2 rings (SSSR count). The largest absolute Gasteiger partial charge is 0.494 e. The lowest BCUT2D eigenvalue weighted by molar-refractivity contribution is 0.310. The van der Waals surface area contributed by atoms with Crippen LogP contribution in [0.4, 0.5) is 0 Å². The monoisotopic (exact) mass is 189 g/mol. The van der Waals surface area contributed by atoms with Crippen molar-refractivity contribution in [2.24, 2.45) is 0 Å². The Morgan fingerprint density at radius 2 is 2.21 bits per heavy atom. The summed E-state index contributed by atoms with van der Waals surface area (Å²) in [5.74, 6) is 0.952. The predicted octanol–water partition coefficient (Wildman–Crippen LogP) is 3.35. The van der Waals surface area contributed by atoms with Crippen molar-refractivity contribution in [3.63, 3.8) is 0 Å². The van der Waals surface area contributed by atoms with Gasteiger partial charge < -0.3 is 9.72 Å². The molecule has 1 N–H and O–H groups in total. The molecule has 0 unspecified atom stereocenters. The fourth-order valence-corrected chi connectivity index (χ4v) is 1.45. The average Bonchev–Trinajstić information content (AvgIpc) is 2.65. The molecule has 1 aromatic heterocycles. The number of ether oxygens (including phenoxy) is 1. The molecule has 1 aromatic carbocycles. The Kier molecular flexibility index (Phi) is 2.73. The van der Waals surface area contributed by atoms with Crippen LogP contribution in [0.1, 0.15) is 19.8 Å². The van der Waals surface area contributed by atoms with Crippen molar-refractivity contribution in [1.82, 2.24) is 4.98 Å². The highest BCUT2D eigenvalue weighted by Crippen LogP contribution is 2.19. The highest BCUT2D eigenvalue weighted by atomic mass is 16.5. The molecule has 2 heteroatoms. The zero-order valence-corrected chi connectivity index (χ0v) is 8.42. The Labute approximate surface area is 83.9 Å². The van der Waals surface area contributed by atoms with Crippen LogP contribution in [0.25, 0.3) is 10.9 Å². The Hall–Kier alpha value is -1.44. The van der Waals surface area contributed by atoms with Crippen LogP contribution in [-0.2, 0) is 0 Å². The molecular weight excluding hydrogens is 174 g/mol. The summed E-state index contributed by atoms with van der Waals surface area (Å²) in [4.78, 5) is 3.17. The number of nitrogens with one attached hydrogen (secondary N) is 1. The maximum absolute atomic E-state index is 5.60. The lowest BCUT2D eigenvalue weighted by Gasteiger charge is -2.04. The first-order valence-corrected chi connectivity index (χ1v) is 5.10. The molecule has 2 aromatic rings. The molecule has 0 saturated carbocycles. The van der Waals surface area contributed by atoms with Crippen LogP contribution < -0.4 is 4.74 Å². The molecule has 0 spiro atoms. The summed E-state index contributed by atoms with van der Waals surface area (Å²) in [7, 11) is 0. The second-order valence-electron chi connectivity index (χ2n) is 3.43. The highest BCUT2D eigenvalue weighted by Gasteiger charge is 1.97.